The van der Waals surface area contributed by atoms with Crippen molar-refractivity contribution < 1.29 is 13.2 Å². The molecule has 0 amide bonds. The molecule has 0 fully saturated rings. The minimum atomic E-state index is -4.42. The maximum atomic E-state index is 14.1. The van der Waals surface area contributed by atoms with Crippen LogP contribution in [0.1, 0.15) is 16.7 Å². The molecule has 0 saturated carbocycles. The summed E-state index contributed by atoms with van der Waals surface area (Å²) in [6.45, 7) is 3.85. The van der Waals surface area contributed by atoms with E-state index in [1.54, 1.807) is 18.3 Å². The van der Waals surface area contributed by atoms with Gasteiger partial charge in [-0.2, -0.15) is 0 Å². The van der Waals surface area contributed by atoms with Crippen LogP contribution >= 0.6 is 0 Å². The SMILES string of the molecule is Cc1cnc(-c2cc(C)c3ccccc3c2)cc1-c1cc[c]([Ge]([CH3])([CH3])[CH3])cc1C(F)(F)F. The van der Waals surface area contributed by atoms with Gasteiger partial charge in [0.1, 0.15) is 0 Å². The molecule has 32 heavy (non-hydrogen) atoms. The molecule has 0 atom stereocenters. The van der Waals surface area contributed by atoms with Crippen LogP contribution in [0.25, 0.3) is 33.2 Å². The number of rotatable bonds is 3. The van der Waals surface area contributed by atoms with E-state index in [0.29, 0.717) is 11.3 Å². The summed E-state index contributed by atoms with van der Waals surface area (Å²) in [5.74, 6) is 6.31. The van der Waals surface area contributed by atoms with Gasteiger partial charge in [0.15, 0.2) is 0 Å². The van der Waals surface area contributed by atoms with E-state index in [2.05, 4.69) is 28.3 Å². The van der Waals surface area contributed by atoms with Crippen LogP contribution in [0, 0.1) is 13.8 Å². The zero-order valence-corrected chi connectivity index (χ0v) is 21.0. The second-order valence-corrected chi connectivity index (χ2v) is 20.1. The number of aryl methyl sites for hydroxylation is 2. The third-order valence-corrected chi connectivity index (χ3v) is 10.2. The quantitative estimate of drug-likeness (QED) is 0.266. The van der Waals surface area contributed by atoms with Crippen molar-refractivity contribution in [1.82, 2.24) is 4.98 Å². The van der Waals surface area contributed by atoms with Gasteiger partial charge in [0, 0.05) is 0 Å². The molecule has 5 heteroatoms. The van der Waals surface area contributed by atoms with Crippen LogP contribution in [0.3, 0.4) is 0 Å². The van der Waals surface area contributed by atoms with Crippen LogP contribution in [-0.4, -0.2) is 18.3 Å². The fourth-order valence-corrected chi connectivity index (χ4v) is 6.54. The molecule has 1 nitrogen and oxygen atoms in total. The van der Waals surface area contributed by atoms with Crippen molar-refractivity contribution in [2.45, 2.75) is 37.3 Å². The van der Waals surface area contributed by atoms with Crippen LogP contribution in [-0.2, 0) is 6.18 Å². The van der Waals surface area contributed by atoms with Gasteiger partial charge < -0.3 is 0 Å². The summed E-state index contributed by atoms with van der Waals surface area (Å²) in [6.07, 6.45) is -2.75. The molecule has 1 heterocycles. The van der Waals surface area contributed by atoms with Crippen LogP contribution in [0.5, 0.6) is 0 Å². The van der Waals surface area contributed by atoms with Crippen molar-refractivity contribution in [3.63, 3.8) is 0 Å². The van der Waals surface area contributed by atoms with Gasteiger partial charge in [-0.1, -0.05) is 6.07 Å². The van der Waals surface area contributed by atoms with Gasteiger partial charge in [-0.25, -0.2) is 0 Å². The molecule has 0 spiro atoms. The van der Waals surface area contributed by atoms with Crippen LogP contribution in [0.15, 0.2) is 66.9 Å². The molecule has 4 aromatic rings. The Labute approximate surface area is 189 Å². The summed E-state index contributed by atoms with van der Waals surface area (Å²) in [7, 11) is 0. The molecule has 0 saturated heterocycles. The topological polar surface area (TPSA) is 12.9 Å². The Morgan fingerprint density at radius 3 is 2.19 bits per heavy atom. The monoisotopic (exact) mass is 495 g/mol. The first-order valence-corrected chi connectivity index (χ1v) is 18.0. The first kappa shape index (κ1) is 22.6. The number of hydrogen-bond donors (Lipinski definition) is 0. The molecule has 4 rings (SSSR count). The van der Waals surface area contributed by atoms with E-state index in [1.807, 2.05) is 50.2 Å². The van der Waals surface area contributed by atoms with E-state index in [1.165, 1.54) is 6.07 Å². The van der Waals surface area contributed by atoms with Gasteiger partial charge in [0.25, 0.3) is 0 Å². The Bertz CT molecular complexity index is 1320. The second kappa shape index (κ2) is 8.07. The second-order valence-electron chi connectivity index (χ2n) is 9.41. The molecule has 164 valence electrons. The van der Waals surface area contributed by atoms with E-state index in [0.717, 1.165) is 31.9 Å². The summed E-state index contributed by atoms with van der Waals surface area (Å²) < 4.78 is 43.1. The average Bonchev–Trinajstić information content (AvgIpc) is 2.72. The number of hydrogen-bond acceptors (Lipinski definition) is 1. The van der Waals surface area contributed by atoms with Gasteiger partial charge in [0.2, 0.25) is 0 Å². The molecule has 3 aromatic carbocycles. The van der Waals surface area contributed by atoms with Crippen molar-refractivity contribution in [3.8, 4) is 22.4 Å². The number of fused-ring (bicyclic) bond motifs is 1. The number of pyridine rings is 1. The van der Waals surface area contributed by atoms with Crippen LogP contribution < -0.4 is 4.40 Å². The zero-order chi connectivity index (χ0) is 23.3. The Morgan fingerprint density at radius 2 is 1.50 bits per heavy atom. The molecule has 0 bridgehead atoms. The van der Waals surface area contributed by atoms with E-state index in [-0.39, 0.29) is 5.56 Å². The Kier molecular flexibility index (Phi) is 5.70. The summed E-state index contributed by atoms with van der Waals surface area (Å²) in [5, 5.41) is 2.25. The first-order chi connectivity index (χ1) is 14.9. The number of benzene rings is 3. The summed E-state index contributed by atoms with van der Waals surface area (Å²) >= 11 is -2.42. The summed E-state index contributed by atoms with van der Waals surface area (Å²) in [5.41, 5.74) is 3.63. The first-order valence-electron chi connectivity index (χ1n) is 10.6. The standard InChI is InChI=1S/C27H26F3GeN/c1-17-12-20(13-19-8-6-7-9-22(17)19)26-15-24(18(2)16-32-26)23-11-10-21(31(3,4)5)14-25(23)27(28,29)30/h6-16H,1-5H3. The molecular formula is C27H26F3GeN. The van der Waals surface area contributed by atoms with Crippen molar-refractivity contribution in [2.24, 2.45) is 0 Å². The number of halogens is 3. The van der Waals surface area contributed by atoms with Crippen LogP contribution in [0.2, 0.25) is 17.3 Å². The van der Waals surface area contributed by atoms with Crippen LogP contribution in [0.4, 0.5) is 13.2 Å². The number of aromatic nitrogens is 1. The average molecular weight is 494 g/mol. The van der Waals surface area contributed by atoms with Crippen molar-refractivity contribution in [1.29, 1.82) is 0 Å². The summed E-state index contributed by atoms with van der Waals surface area (Å²) in [4.78, 5) is 4.56. The van der Waals surface area contributed by atoms with E-state index >= 15 is 0 Å². The van der Waals surface area contributed by atoms with Crippen molar-refractivity contribution >= 4 is 28.4 Å². The van der Waals surface area contributed by atoms with Gasteiger partial charge >= 0.3 is 184 Å². The predicted molar refractivity (Wildman–Crippen MR) is 130 cm³/mol. The molecule has 0 radical (unpaired) electrons. The number of nitrogens with zero attached hydrogens (tertiary/aromatic N) is 1. The van der Waals surface area contributed by atoms with Crippen molar-refractivity contribution in [2.75, 3.05) is 0 Å². The molecule has 0 aliphatic rings. The molecule has 0 aliphatic heterocycles. The van der Waals surface area contributed by atoms with E-state index in [4.69, 9.17) is 0 Å². The van der Waals surface area contributed by atoms with E-state index < -0.39 is 25.0 Å². The van der Waals surface area contributed by atoms with Gasteiger partial charge in [-0.05, 0) is 0 Å². The van der Waals surface area contributed by atoms with E-state index in [9.17, 15) is 13.2 Å². The summed E-state index contributed by atoms with van der Waals surface area (Å²) in [6, 6.07) is 18.9. The molecule has 0 unspecified atom stereocenters. The third-order valence-electron chi connectivity index (χ3n) is 5.95. The predicted octanol–water partition coefficient (Wildman–Crippen LogP) is 7.75. The zero-order valence-electron chi connectivity index (χ0n) is 18.9. The molecular weight excluding hydrogens is 468 g/mol. The minimum absolute atomic E-state index is 0.214. The molecule has 0 aliphatic carbocycles. The Balaban J connectivity index is 1.91. The molecule has 0 N–H and O–H groups in total. The normalized spacial score (nSPS) is 12.4. The fourth-order valence-electron chi connectivity index (χ4n) is 4.10. The maximum absolute atomic E-state index is 14.1. The van der Waals surface area contributed by atoms with Gasteiger partial charge in [-0.3, -0.25) is 0 Å². The Hall–Kier alpha value is -2.60. The van der Waals surface area contributed by atoms with Gasteiger partial charge in [0.05, 0.1) is 0 Å². The number of alkyl halides is 3. The fraction of sp³-hybridized carbons (Fsp3) is 0.222. The third kappa shape index (κ3) is 4.33. The molecule has 1 aromatic heterocycles. The Morgan fingerprint density at radius 1 is 0.781 bits per heavy atom. The van der Waals surface area contributed by atoms with Crippen molar-refractivity contribution in [3.05, 3.63) is 83.6 Å². The van der Waals surface area contributed by atoms with Gasteiger partial charge in [-0.15, -0.1) is 0 Å².